The fourth-order valence-corrected chi connectivity index (χ4v) is 2.24. The Labute approximate surface area is 129 Å². The number of fused-ring (bicyclic) bond motifs is 1. The number of carbonyl (C=O) groups is 2. The first kappa shape index (κ1) is 16.1. The molecule has 0 fully saturated rings. The summed E-state index contributed by atoms with van der Waals surface area (Å²) in [4.78, 5) is 24.7. The van der Waals surface area contributed by atoms with E-state index >= 15 is 0 Å². The minimum atomic E-state index is -0.649. The molecular formula is C17H21NO4. The number of carbonyl (C=O) groups excluding carboxylic acids is 2. The van der Waals surface area contributed by atoms with E-state index in [1.165, 1.54) is 4.57 Å². The Bertz CT molecular complexity index is 722. The number of hydrogen-bond donors (Lipinski definition) is 0. The van der Waals surface area contributed by atoms with E-state index in [1.54, 1.807) is 39.8 Å². The predicted octanol–water partition coefficient (Wildman–Crippen LogP) is 3.91. The van der Waals surface area contributed by atoms with Gasteiger partial charge >= 0.3 is 12.1 Å². The van der Waals surface area contributed by atoms with Crippen LogP contribution in [0.25, 0.3) is 10.9 Å². The number of nitrogens with zero attached hydrogens (tertiary/aromatic N) is 1. The Balaban J connectivity index is 2.63. The number of aromatic nitrogens is 1. The highest BCUT2D eigenvalue weighted by Crippen LogP contribution is 2.25. The molecule has 2 aromatic rings. The third-order valence-corrected chi connectivity index (χ3v) is 3.12. The standard InChI is InChI=1S/C17H21NO4/c1-6-21-15(19)14-10-12-11(2)8-7-9-13(12)18(14)16(20)22-17(3,4)5/h7-10H,6H2,1-5H3. The summed E-state index contributed by atoms with van der Waals surface area (Å²) in [7, 11) is 0. The maximum Gasteiger partial charge on any atom is 0.419 e. The first-order chi connectivity index (χ1) is 10.2. The molecule has 5 nitrogen and oxygen atoms in total. The van der Waals surface area contributed by atoms with E-state index < -0.39 is 17.7 Å². The molecular weight excluding hydrogens is 282 g/mol. The van der Waals surface area contributed by atoms with E-state index in [2.05, 4.69) is 0 Å². The van der Waals surface area contributed by atoms with Crippen molar-refractivity contribution in [2.45, 2.75) is 40.2 Å². The van der Waals surface area contributed by atoms with Crippen LogP contribution in [0.15, 0.2) is 24.3 Å². The lowest BCUT2D eigenvalue weighted by atomic mass is 10.1. The molecule has 0 aliphatic rings. The molecule has 0 aliphatic heterocycles. The fraction of sp³-hybridized carbons (Fsp3) is 0.412. The van der Waals surface area contributed by atoms with Crippen molar-refractivity contribution in [1.29, 1.82) is 0 Å². The summed E-state index contributed by atoms with van der Waals surface area (Å²) in [6.45, 7) is 9.25. The predicted molar refractivity (Wildman–Crippen MR) is 84.3 cm³/mol. The van der Waals surface area contributed by atoms with Crippen LogP contribution in [0.4, 0.5) is 4.79 Å². The quantitative estimate of drug-likeness (QED) is 0.789. The molecule has 0 saturated carbocycles. The molecule has 1 aromatic heterocycles. The van der Waals surface area contributed by atoms with Crippen molar-refractivity contribution in [2.24, 2.45) is 0 Å². The zero-order chi connectivity index (χ0) is 16.5. The van der Waals surface area contributed by atoms with Crippen LogP contribution < -0.4 is 0 Å². The highest BCUT2D eigenvalue weighted by molar-refractivity contribution is 6.02. The normalized spacial score (nSPS) is 11.5. The van der Waals surface area contributed by atoms with Crippen LogP contribution in [0.3, 0.4) is 0 Å². The lowest BCUT2D eigenvalue weighted by molar-refractivity contribution is 0.0454. The summed E-state index contributed by atoms with van der Waals surface area (Å²) in [5.74, 6) is -0.538. The van der Waals surface area contributed by atoms with Crippen molar-refractivity contribution in [3.8, 4) is 0 Å². The van der Waals surface area contributed by atoms with Gasteiger partial charge in [-0.25, -0.2) is 14.2 Å². The van der Waals surface area contributed by atoms with Gasteiger partial charge in [0.2, 0.25) is 0 Å². The zero-order valence-electron chi connectivity index (χ0n) is 13.6. The van der Waals surface area contributed by atoms with E-state index in [0.29, 0.717) is 5.52 Å². The van der Waals surface area contributed by atoms with Gasteiger partial charge in [0.25, 0.3) is 0 Å². The average molecular weight is 303 g/mol. The fourth-order valence-electron chi connectivity index (χ4n) is 2.24. The molecule has 22 heavy (non-hydrogen) atoms. The first-order valence-electron chi connectivity index (χ1n) is 7.26. The lowest BCUT2D eigenvalue weighted by Gasteiger charge is -2.20. The molecule has 118 valence electrons. The van der Waals surface area contributed by atoms with Crippen molar-refractivity contribution in [2.75, 3.05) is 6.61 Å². The van der Waals surface area contributed by atoms with Crippen LogP contribution in [0.2, 0.25) is 0 Å². The number of aryl methyl sites for hydroxylation is 1. The lowest BCUT2D eigenvalue weighted by Crippen LogP contribution is -2.29. The monoisotopic (exact) mass is 303 g/mol. The van der Waals surface area contributed by atoms with Crippen LogP contribution >= 0.6 is 0 Å². The molecule has 0 amide bonds. The van der Waals surface area contributed by atoms with Gasteiger partial charge in [-0.2, -0.15) is 0 Å². The molecule has 5 heteroatoms. The van der Waals surface area contributed by atoms with Crippen molar-refractivity contribution in [3.05, 3.63) is 35.5 Å². The number of esters is 1. The highest BCUT2D eigenvalue weighted by atomic mass is 16.6. The van der Waals surface area contributed by atoms with Crippen molar-refractivity contribution in [1.82, 2.24) is 4.57 Å². The Morgan fingerprint density at radius 2 is 1.91 bits per heavy atom. The van der Waals surface area contributed by atoms with Crippen LogP contribution in [-0.2, 0) is 9.47 Å². The van der Waals surface area contributed by atoms with Gasteiger partial charge in [-0.1, -0.05) is 12.1 Å². The Hall–Kier alpha value is -2.30. The second-order valence-corrected chi connectivity index (χ2v) is 6.07. The average Bonchev–Trinajstić information content (AvgIpc) is 2.78. The summed E-state index contributed by atoms with van der Waals surface area (Å²) in [6.07, 6.45) is -0.587. The zero-order valence-corrected chi connectivity index (χ0v) is 13.6. The van der Waals surface area contributed by atoms with Gasteiger partial charge in [-0.3, -0.25) is 0 Å². The molecule has 0 radical (unpaired) electrons. The van der Waals surface area contributed by atoms with Crippen LogP contribution in [0.1, 0.15) is 43.7 Å². The summed E-state index contributed by atoms with van der Waals surface area (Å²) in [5.41, 5.74) is 1.15. The largest absolute Gasteiger partial charge is 0.461 e. The molecule has 0 atom stereocenters. The third-order valence-electron chi connectivity index (χ3n) is 3.12. The number of rotatable bonds is 2. The van der Waals surface area contributed by atoms with E-state index in [9.17, 15) is 9.59 Å². The minimum Gasteiger partial charge on any atom is -0.461 e. The van der Waals surface area contributed by atoms with Gasteiger partial charge < -0.3 is 9.47 Å². The number of hydrogen-bond acceptors (Lipinski definition) is 4. The van der Waals surface area contributed by atoms with Crippen LogP contribution in [-0.4, -0.2) is 28.8 Å². The molecule has 0 bridgehead atoms. The van der Waals surface area contributed by atoms with E-state index in [0.717, 1.165) is 10.9 Å². The second-order valence-electron chi connectivity index (χ2n) is 6.07. The molecule has 1 heterocycles. The Kier molecular flexibility index (Phi) is 4.26. The Morgan fingerprint density at radius 3 is 2.50 bits per heavy atom. The third kappa shape index (κ3) is 3.13. The van der Waals surface area contributed by atoms with Crippen LogP contribution in [0, 0.1) is 6.92 Å². The molecule has 0 unspecified atom stereocenters. The minimum absolute atomic E-state index is 0.181. The van der Waals surface area contributed by atoms with Gasteiger partial charge in [0.15, 0.2) is 0 Å². The summed E-state index contributed by atoms with van der Waals surface area (Å²) in [6, 6.07) is 7.23. The van der Waals surface area contributed by atoms with Crippen molar-refractivity contribution in [3.63, 3.8) is 0 Å². The topological polar surface area (TPSA) is 57.5 Å². The van der Waals surface area contributed by atoms with E-state index in [-0.39, 0.29) is 12.3 Å². The van der Waals surface area contributed by atoms with E-state index in [1.807, 2.05) is 19.1 Å². The van der Waals surface area contributed by atoms with Crippen molar-refractivity contribution >= 4 is 23.0 Å². The molecule has 0 spiro atoms. The Morgan fingerprint density at radius 1 is 1.23 bits per heavy atom. The second kappa shape index (κ2) is 5.83. The number of benzene rings is 1. The molecule has 0 aliphatic carbocycles. The number of ether oxygens (including phenoxy) is 2. The van der Waals surface area contributed by atoms with Gasteiger partial charge in [-0.05, 0) is 52.3 Å². The van der Waals surface area contributed by atoms with Gasteiger partial charge in [0, 0.05) is 5.39 Å². The first-order valence-corrected chi connectivity index (χ1v) is 7.26. The smallest absolute Gasteiger partial charge is 0.419 e. The SMILES string of the molecule is CCOC(=O)c1cc2c(C)cccc2n1C(=O)OC(C)(C)C. The maximum absolute atomic E-state index is 12.5. The molecule has 2 rings (SSSR count). The highest BCUT2D eigenvalue weighted by Gasteiger charge is 2.26. The maximum atomic E-state index is 12.5. The summed E-state index contributed by atoms with van der Waals surface area (Å²) < 4.78 is 11.7. The van der Waals surface area contributed by atoms with Gasteiger partial charge in [-0.15, -0.1) is 0 Å². The summed E-state index contributed by atoms with van der Waals surface area (Å²) >= 11 is 0. The molecule has 1 aromatic carbocycles. The molecule has 0 N–H and O–H groups in total. The van der Waals surface area contributed by atoms with E-state index in [4.69, 9.17) is 9.47 Å². The van der Waals surface area contributed by atoms with Gasteiger partial charge in [0.1, 0.15) is 11.3 Å². The van der Waals surface area contributed by atoms with Crippen LogP contribution in [0.5, 0.6) is 0 Å². The summed E-state index contributed by atoms with van der Waals surface area (Å²) in [5, 5.41) is 0.830. The molecule has 0 saturated heterocycles. The van der Waals surface area contributed by atoms with Gasteiger partial charge in [0.05, 0.1) is 12.1 Å². The van der Waals surface area contributed by atoms with Crippen molar-refractivity contribution < 1.29 is 19.1 Å².